The molecular weight excluding hydrogens is 555 g/mol. The molecular formula is C31H27N5O3S2. The molecule has 10 heteroatoms. The highest BCUT2D eigenvalue weighted by atomic mass is 32.2. The van der Waals surface area contributed by atoms with E-state index in [0.29, 0.717) is 40.5 Å². The number of para-hydroxylation sites is 2. The minimum Gasteiger partial charge on any atom is -0.373 e. The van der Waals surface area contributed by atoms with Gasteiger partial charge in [0.05, 0.1) is 38.6 Å². The van der Waals surface area contributed by atoms with E-state index in [9.17, 15) is 13.7 Å². The average Bonchev–Trinajstić information content (AvgIpc) is 3.60. The molecule has 41 heavy (non-hydrogen) atoms. The number of sulfonamides is 1. The molecule has 3 heterocycles. The number of benzene rings is 3. The van der Waals surface area contributed by atoms with Gasteiger partial charge in [0.1, 0.15) is 16.8 Å². The molecule has 0 spiro atoms. The Morgan fingerprint density at radius 2 is 1.76 bits per heavy atom. The fourth-order valence-electron chi connectivity index (χ4n) is 4.99. The van der Waals surface area contributed by atoms with Gasteiger partial charge in [0.15, 0.2) is 0 Å². The fraction of sp³-hybridized carbons (Fsp3) is 0.194. The summed E-state index contributed by atoms with van der Waals surface area (Å²) in [4.78, 5) is 4.85. The SMILES string of the molecule is CC1CN(S(=O)(=O)c2cccc(-c3nn(-c4ccccc4)cc3/C=C(/C#N)c3nc4ccccc4s3)c2)CC(C)O1. The van der Waals surface area contributed by atoms with E-state index in [4.69, 9.17) is 9.84 Å². The third-order valence-electron chi connectivity index (χ3n) is 6.84. The van der Waals surface area contributed by atoms with Crippen molar-refractivity contribution < 1.29 is 13.2 Å². The van der Waals surface area contributed by atoms with Gasteiger partial charge in [-0.3, -0.25) is 0 Å². The summed E-state index contributed by atoms with van der Waals surface area (Å²) < 4.78 is 37.3. The van der Waals surface area contributed by atoms with Crippen LogP contribution in [0.3, 0.4) is 0 Å². The van der Waals surface area contributed by atoms with E-state index in [1.54, 1.807) is 29.0 Å². The van der Waals surface area contributed by atoms with Crippen molar-refractivity contribution in [3.8, 4) is 23.0 Å². The lowest BCUT2D eigenvalue weighted by atomic mass is 10.1. The predicted octanol–water partition coefficient (Wildman–Crippen LogP) is 6.01. The van der Waals surface area contributed by atoms with Crippen molar-refractivity contribution in [2.45, 2.75) is 31.0 Å². The highest BCUT2D eigenvalue weighted by Crippen LogP contribution is 2.32. The number of hydrogen-bond acceptors (Lipinski definition) is 7. The standard InChI is InChI=1S/C31H27N5O3S2/c1-21-18-35(19-22(2)39-21)41(37,38)27-12-8-9-23(16-27)30-25(20-36(34-30)26-10-4-3-5-11-26)15-24(17-32)31-33-28-13-6-7-14-29(28)40-31/h3-16,20-22H,18-19H2,1-2H3/b24-15-. The molecule has 1 saturated heterocycles. The Hall–Kier alpha value is -4.14. The maximum absolute atomic E-state index is 13.7. The second-order valence-electron chi connectivity index (χ2n) is 9.98. The number of thiazole rings is 1. The second-order valence-corrected chi connectivity index (χ2v) is 12.9. The molecule has 0 aliphatic carbocycles. The molecule has 0 radical (unpaired) electrons. The van der Waals surface area contributed by atoms with Crippen LogP contribution in [0.5, 0.6) is 0 Å². The highest BCUT2D eigenvalue weighted by Gasteiger charge is 2.32. The number of allylic oxidation sites excluding steroid dienone is 1. The van der Waals surface area contributed by atoms with Crippen LogP contribution < -0.4 is 0 Å². The topological polar surface area (TPSA) is 101 Å². The van der Waals surface area contributed by atoms with Crippen LogP contribution in [0.1, 0.15) is 24.4 Å². The largest absolute Gasteiger partial charge is 0.373 e. The van der Waals surface area contributed by atoms with Crippen LogP contribution in [0.4, 0.5) is 0 Å². The van der Waals surface area contributed by atoms with Crippen LogP contribution in [-0.4, -0.2) is 52.8 Å². The second kappa shape index (κ2) is 11.0. The monoisotopic (exact) mass is 581 g/mol. The zero-order valence-corrected chi connectivity index (χ0v) is 24.1. The molecule has 8 nitrogen and oxygen atoms in total. The number of rotatable bonds is 6. The van der Waals surface area contributed by atoms with Crippen molar-refractivity contribution in [3.05, 3.63) is 95.6 Å². The first-order valence-corrected chi connectivity index (χ1v) is 15.5. The molecule has 2 unspecified atom stereocenters. The molecule has 2 aromatic heterocycles. The summed E-state index contributed by atoms with van der Waals surface area (Å²) in [7, 11) is -3.76. The number of ether oxygens (including phenoxy) is 1. The highest BCUT2D eigenvalue weighted by molar-refractivity contribution is 7.89. The van der Waals surface area contributed by atoms with Gasteiger partial charge in [-0.15, -0.1) is 11.3 Å². The number of morpholine rings is 1. The molecule has 0 N–H and O–H groups in total. The molecule has 5 aromatic rings. The first-order chi connectivity index (χ1) is 19.8. The molecule has 2 atom stereocenters. The van der Waals surface area contributed by atoms with E-state index in [1.165, 1.54) is 15.6 Å². The number of aromatic nitrogens is 3. The average molecular weight is 582 g/mol. The maximum atomic E-state index is 13.7. The normalized spacial score (nSPS) is 18.4. The summed E-state index contributed by atoms with van der Waals surface area (Å²) >= 11 is 1.45. The molecule has 0 saturated carbocycles. The number of nitrogens with zero attached hydrogens (tertiary/aromatic N) is 5. The predicted molar refractivity (Wildman–Crippen MR) is 161 cm³/mol. The van der Waals surface area contributed by atoms with Crippen molar-refractivity contribution in [2.24, 2.45) is 0 Å². The lowest BCUT2D eigenvalue weighted by Crippen LogP contribution is -2.48. The fourth-order valence-corrected chi connectivity index (χ4v) is 7.56. The Morgan fingerprint density at radius 1 is 1.02 bits per heavy atom. The van der Waals surface area contributed by atoms with E-state index < -0.39 is 10.0 Å². The van der Waals surface area contributed by atoms with Crippen molar-refractivity contribution >= 4 is 43.2 Å². The lowest BCUT2D eigenvalue weighted by molar-refractivity contribution is -0.0440. The third kappa shape index (κ3) is 5.45. The van der Waals surface area contributed by atoms with Crippen molar-refractivity contribution in [3.63, 3.8) is 0 Å². The lowest BCUT2D eigenvalue weighted by Gasteiger charge is -2.34. The van der Waals surface area contributed by atoms with E-state index in [2.05, 4.69) is 11.1 Å². The summed E-state index contributed by atoms with van der Waals surface area (Å²) in [6.07, 6.45) is 3.23. The zero-order valence-electron chi connectivity index (χ0n) is 22.5. The van der Waals surface area contributed by atoms with Crippen molar-refractivity contribution in [2.75, 3.05) is 13.1 Å². The Labute approximate surface area is 242 Å². The third-order valence-corrected chi connectivity index (χ3v) is 9.74. The van der Waals surface area contributed by atoms with Gasteiger partial charge in [0.2, 0.25) is 10.0 Å². The van der Waals surface area contributed by atoms with Gasteiger partial charge in [-0.05, 0) is 56.3 Å². The quantitative estimate of drug-likeness (QED) is 0.228. The Kier molecular flexibility index (Phi) is 7.28. The first kappa shape index (κ1) is 27.1. The first-order valence-electron chi connectivity index (χ1n) is 13.2. The Balaban J connectivity index is 1.46. The Bertz CT molecular complexity index is 1860. The number of hydrogen-bond donors (Lipinski definition) is 0. The summed E-state index contributed by atoms with van der Waals surface area (Å²) in [6, 6.07) is 26.5. The molecule has 1 aliphatic heterocycles. The van der Waals surface area contributed by atoms with Crippen LogP contribution in [0, 0.1) is 11.3 Å². The molecule has 0 bridgehead atoms. The van der Waals surface area contributed by atoms with Crippen LogP contribution in [0.15, 0.2) is 90.0 Å². The molecule has 1 aliphatic rings. The minimum absolute atomic E-state index is 0.187. The van der Waals surface area contributed by atoms with Gasteiger partial charge in [-0.25, -0.2) is 18.1 Å². The zero-order chi connectivity index (χ0) is 28.6. The molecule has 0 amide bonds. The number of fused-ring (bicyclic) bond motifs is 1. The van der Waals surface area contributed by atoms with Gasteiger partial charge in [-0.1, -0.05) is 42.5 Å². The Morgan fingerprint density at radius 3 is 2.49 bits per heavy atom. The summed E-state index contributed by atoms with van der Waals surface area (Å²) in [6.45, 7) is 4.34. The van der Waals surface area contributed by atoms with Crippen molar-refractivity contribution in [1.82, 2.24) is 19.1 Å². The van der Waals surface area contributed by atoms with Crippen molar-refractivity contribution in [1.29, 1.82) is 5.26 Å². The summed E-state index contributed by atoms with van der Waals surface area (Å²) in [5, 5.41) is 15.6. The van der Waals surface area contributed by atoms with Crippen LogP contribution in [0.2, 0.25) is 0 Å². The van der Waals surface area contributed by atoms with E-state index >= 15 is 0 Å². The van der Waals surface area contributed by atoms with E-state index in [1.807, 2.05) is 80.7 Å². The number of nitriles is 1. The van der Waals surface area contributed by atoms with Crippen LogP contribution in [-0.2, 0) is 14.8 Å². The van der Waals surface area contributed by atoms with Gasteiger partial charge in [0, 0.05) is 30.4 Å². The van der Waals surface area contributed by atoms with E-state index in [0.717, 1.165) is 15.9 Å². The summed E-state index contributed by atoms with van der Waals surface area (Å²) in [5.41, 5.74) is 3.94. The molecule has 206 valence electrons. The van der Waals surface area contributed by atoms with Gasteiger partial charge >= 0.3 is 0 Å². The van der Waals surface area contributed by atoms with Crippen LogP contribution in [0.25, 0.3) is 38.8 Å². The van der Waals surface area contributed by atoms with Crippen LogP contribution >= 0.6 is 11.3 Å². The molecule has 6 rings (SSSR count). The van der Waals surface area contributed by atoms with Gasteiger partial charge in [-0.2, -0.15) is 14.7 Å². The smallest absolute Gasteiger partial charge is 0.243 e. The molecule has 3 aromatic carbocycles. The van der Waals surface area contributed by atoms with Gasteiger partial charge in [0.25, 0.3) is 0 Å². The van der Waals surface area contributed by atoms with E-state index in [-0.39, 0.29) is 17.1 Å². The maximum Gasteiger partial charge on any atom is 0.243 e. The van der Waals surface area contributed by atoms with Gasteiger partial charge < -0.3 is 4.74 Å². The minimum atomic E-state index is -3.76. The summed E-state index contributed by atoms with van der Waals surface area (Å²) in [5.74, 6) is 0. The molecule has 1 fully saturated rings.